The van der Waals surface area contributed by atoms with E-state index in [1.54, 1.807) is 0 Å². The van der Waals surface area contributed by atoms with Gasteiger partial charge >= 0.3 is 0 Å². The Bertz CT molecular complexity index is 956. The Kier molecular flexibility index (Phi) is 3.02. The molecule has 4 heteroatoms. The third kappa shape index (κ3) is 2.10. The van der Waals surface area contributed by atoms with Crippen molar-refractivity contribution in [2.45, 2.75) is 6.54 Å². The molecule has 0 spiro atoms. The van der Waals surface area contributed by atoms with E-state index in [-0.39, 0.29) is 0 Å². The minimum Gasteiger partial charge on any atom is -0.305 e. The lowest BCUT2D eigenvalue weighted by atomic mass is 10.1. The standard InChI is InChI=1S/C18H16N4/c19-21-18-20-16-7-3-4-8-17(16)22(18)12-13-9-10-14-5-1-2-6-15(14)11-13/h1-11H,12,19H2,(H,20,21). The summed E-state index contributed by atoms with van der Waals surface area (Å²) in [6, 6.07) is 22.9. The second kappa shape index (κ2) is 5.16. The van der Waals surface area contributed by atoms with Gasteiger partial charge in [-0.15, -0.1) is 0 Å². The average molecular weight is 288 g/mol. The summed E-state index contributed by atoms with van der Waals surface area (Å²) in [5.41, 5.74) is 5.93. The fourth-order valence-corrected chi connectivity index (χ4v) is 2.87. The number of imidazole rings is 1. The van der Waals surface area contributed by atoms with Crippen molar-refractivity contribution >= 4 is 27.8 Å². The van der Waals surface area contributed by atoms with Crippen LogP contribution in [0.5, 0.6) is 0 Å². The Hall–Kier alpha value is -2.85. The maximum absolute atomic E-state index is 5.63. The van der Waals surface area contributed by atoms with Gasteiger partial charge in [0.25, 0.3) is 0 Å². The number of hydrogen-bond donors (Lipinski definition) is 2. The van der Waals surface area contributed by atoms with E-state index < -0.39 is 0 Å². The largest absolute Gasteiger partial charge is 0.305 e. The smallest absolute Gasteiger partial charge is 0.218 e. The summed E-state index contributed by atoms with van der Waals surface area (Å²) in [7, 11) is 0. The predicted octanol–water partition coefficient (Wildman–Crippen LogP) is 3.52. The molecule has 1 aromatic heterocycles. The normalized spacial score (nSPS) is 11.1. The molecule has 0 atom stereocenters. The van der Waals surface area contributed by atoms with Crippen molar-refractivity contribution in [2.24, 2.45) is 5.84 Å². The number of rotatable bonds is 3. The summed E-state index contributed by atoms with van der Waals surface area (Å²) < 4.78 is 2.10. The highest BCUT2D eigenvalue weighted by molar-refractivity contribution is 5.83. The van der Waals surface area contributed by atoms with E-state index in [2.05, 4.69) is 63.5 Å². The summed E-state index contributed by atoms with van der Waals surface area (Å²) >= 11 is 0. The van der Waals surface area contributed by atoms with Crippen LogP contribution in [0.1, 0.15) is 5.56 Å². The van der Waals surface area contributed by atoms with Crippen molar-refractivity contribution < 1.29 is 0 Å². The van der Waals surface area contributed by atoms with Crippen molar-refractivity contribution in [3.63, 3.8) is 0 Å². The number of benzene rings is 3. The van der Waals surface area contributed by atoms with Crippen LogP contribution in [0, 0.1) is 0 Å². The lowest BCUT2D eigenvalue weighted by molar-refractivity contribution is 0.828. The summed E-state index contributed by atoms with van der Waals surface area (Å²) in [5.74, 6) is 6.30. The molecule has 0 aliphatic carbocycles. The van der Waals surface area contributed by atoms with Crippen molar-refractivity contribution in [3.05, 3.63) is 72.3 Å². The molecule has 4 nitrogen and oxygen atoms in total. The lowest BCUT2D eigenvalue weighted by Gasteiger charge is -2.09. The van der Waals surface area contributed by atoms with Gasteiger partial charge < -0.3 is 4.57 Å². The zero-order chi connectivity index (χ0) is 14.9. The molecule has 1 heterocycles. The molecule has 3 aromatic carbocycles. The van der Waals surface area contributed by atoms with E-state index in [1.807, 2.05) is 18.2 Å². The minimum atomic E-state index is 0.675. The number of nitrogens with two attached hydrogens (primary N) is 1. The van der Waals surface area contributed by atoms with Gasteiger partial charge in [0.05, 0.1) is 17.6 Å². The Morgan fingerprint density at radius 3 is 2.55 bits per heavy atom. The van der Waals surface area contributed by atoms with Crippen LogP contribution in [0.2, 0.25) is 0 Å². The third-order valence-corrected chi connectivity index (χ3v) is 3.94. The summed E-state index contributed by atoms with van der Waals surface area (Å²) in [4.78, 5) is 4.52. The second-order valence-electron chi connectivity index (χ2n) is 5.34. The van der Waals surface area contributed by atoms with Crippen LogP contribution in [0.25, 0.3) is 21.8 Å². The van der Waals surface area contributed by atoms with Crippen LogP contribution in [-0.2, 0) is 6.54 Å². The number of fused-ring (bicyclic) bond motifs is 2. The summed E-state index contributed by atoms with van der Waals surface area (Å²) in [6.45, 7) is 0.727. The zero-order valence-corrected chi connectivity index (χ0v) is 12.0. The molecule has 4 rings (SSSR count). The molecule has 0 radical (unpaired) electrons. The van der Waals surface area contributed by atoms with Gasteiger partial charge in [-0.25, -0.2) is 10.8 Å². The molecule has 3 N–H and O–H groups in total. The Morgan fingerprint density at radius 1 is 0.909 bits per heavy atom. The number of aromatic nitrogens is 2. The molecule has 0 fully saturated rings. The first-order chi connectivity index (χ1) is 10.8. The van der Waals surface area contributed by atoms with Crippen molar-refractivity contribution in [3.8, 4) is 0 Å². The number of hydrogen-bond acceptors (Lipinski definition) is 3. The minimum absolute atomic E-state index is 0.675. The average Bonchev–Trinajstić information content (AvgIpc) is 2.93. The molecular weight excluding hydrogens is 272 g/mol. The van der Waals surface area contributed by atoms with Gasteiger partial charge in [-0.05, 0) is 34.5 Å². The van der Waals surface area contributed by atoms with Gasteiger partial charge in [-0.1, -0.05) is 48.5 Å². The van der Waals surface area contributed by atoms with Crippen LogP contribution < -0.4 is 11.3 Å². The van der Waals surface area contributed by atoms with Gasteiger partial charge in [0.1, 0.15) is 0 Å². The monoisotopic (exact) mass is 288 g/mol. The number of anilines is 1. The van der Waals surface area contributed by atoms with E-state index in [9.17, 15) is 0 Å². The van der Waals surface area contributed by atoms with Crippen molar-refractivity contribution in [1.29, 1.82) is 0 Å². The number of nitrogens with zero attached hydrogens (tertiary/aromatic N) is 2. The van der Waals surface area contributed by atoms with Crippen LogP contribution in [0.3, 0.4) is 0 Å². The number of para-hydroxylation sites is 2. The van der Waals surface area contributed by atoms with E-state index in [4.69, 9.17) is 5.84 Å². The highest BCUT2D eigenvalue weighted by Crippen LogP contribution is 2.22. The second-order valence-corrected chi connectivity index (χ2v) is 5.34. The SMILES string of the molecule is NNc1nc2ccccc2n1Cc1ccc2ccccc2c1. The topological polar surface area (TPSA) is 55.9 Å². The Labute approximate surface area is 128 Å². The number of nitrogen functional groups attached to an aromatic ring is 1. The maximum atomic E-state index is 5.63. The molecule has 0 aliphatic heterocycles. The third-order valence-electron chi connectivity index (χ3n) is 3.94. The Balaban J connectivity index is 1.81. The number of hydrazine groups is 1. The molecule has 0 bridgehead atoms. The van der Waals surface area contributed by atoms with Gasteiger partial charge in [0.2, 0.25) is 5.95 Å². The fourth-order valence-electron chi connectivity index (χ4n) is 2.87. The van der Waals surface area contributed by atoms with Gasteiger partial charge in [0, 0.05) is 0 Å². The zero-order valence-electron chi connectivity index (χ0n) is 12.0. The van der Waals surface area contributed by atoms with Crippen molar-refractivity contribution in [2.75, 3.05) is 5.43 Å². The van der Waals surface area contributed by atoms with E-state index in [0.717, 1.165) is 17.6 Å². The number of nitrogens with one attached hydrogen (secondary N) is 1. The molecular formula is C18H16N4. The lowest BCUT2D eigenvalue weighted by Crippen LogP contribution is -2.13. The summed E-state index contributed by atoms with van der Waals surface area (Å²) in [5, 5.41) is 2.49. The van der Waals surface area contributed by atoms with E-state index in [0.29, 0.717) is 5.95 Å². The molecule has 0 saturated carbocycles. The molecule has 4 aromatic rings. The molecule has 108 valence electrons. The first-order valence-corrected chi connectivity index (χ1v) is 7.25. The molecule has 0 amide bonds. The van der Waals surface area contributed by atoms with Gasteiger partial charge in [0.15, 0.2) is 0 Å². The predicted molar refractivity (Wildman–Crippen MR) is 90.6 cm³/mol. The fraction of sp³-hybridized carbons (Fsp3) is 0.0556. The quantitative estimate of drug-likeness (QED) is 0.448. The first kappa shape index (κ1) is 12.9. The van der Waals surface area contributed by atoms with Gasteiger partial charge in [-0.2, -0.15) is 0 Å². The van der Waals surface area contributed by atoms with Crippen molar-refractivity contribution in [1.82, 2.24) is 9.55 Å². The Morgan fingerprint density at radius 2 is 1.68 bits per heavy atom. The molecule has 0 saturated heterocycles. The van der Waals surface area contributed by atoms with E-state index in [1.165, 1.54) is 16.3 Å². The van der Waals surface area contributed by atoms with E-state index >= 15 is 0 Å². The van der Waals surface area contributed by atoms with Crippen LogP contribution >= 0.6 is 0 Å². The highest BCUT2D eigenvalue weighted by atomic mass is 15.3. The molecule has 22 heavy (non-hydrogen) atoms. The maximum Gasteiger partial charge on any atom is 0.218 e. The molecule has 0 aliphatic rings. The first-order valence-electron chi connectivity index (χ1n) is 7.25. The molecule has 0 unspecified atom stereocenters. The van der Waals surface area contributed by atoms with Crippen LogP contribution in [-0.4, -0.2) is 9.55 Å². The van der Waals surface area contributed by atoms with Crippen LogP contribution in [0.15, 0.2) is 66.7 Å². The summed E-state index contributed by atoms with van der Waals surface area (Å²) in [6.07, 6.45) is 0. The van der Waals surface area contributed by atoms with Gasteiger partial charge in [-0.3, -0.25) is 5.43 Å². The van der Waals surface area contributed by atoms with Crippen LogP contribution in [0.4, 0.5) is 5.95 Å². The highest BCUT2D eigenvalue weighted by Gasteiger charge is 2.09.